The molecule has 2 atom stereocenters. The molecule has 0 saturated carbocycles. The van der Waals surface area contributed by atoms with Crippen LogP contribution in [0.4, 0.5) is 0 Å². The summed E-state index contributed by atoms with van der Waals surface area (Å²) in [6.07, 6.45) is 1.71. The normalized spacial score (nSPS) is 14.8. The number of halogens is 1. The van der Waals surface area contributed by atoms with Gasteiger partial charge in [0.15, 0.2) is 0 Å². The number of hydrogen-bond donors (Lipinski definition) is 1. The van der Waals surface area contributed by atoms with Gasteiger partial charge in [-0.25, -0.2) is 0 Å². The minimum atomic E-state index is -0.802. The SMILES string of the molecule is Cc1cc(Br)c(O)c(CN(C)[C@H](C)C[S@@](C)=O)c1. The zero-order valence-electron chi connectivity index (χ0n) is 11.2. The van der Waals surface area contributed by atoms with Crippen LogP contribution >= 0.6 is 15.9 Å². The summed E-state index contributed by atoms with van der Waals surface area (Å²) in [6.45, 7) is 4.69. The Labute approximate surface area is 120 Å². The van der Waals surface area contributed by atoms with Crippen LogP contribution in [-0.2, 0) is 17.3 Å². The molecular formula is C13H20BrNO2S. The fraction of sp³-hybridized carbons (Fsp3) is 0.538. The highest BCUT2D eigenvalue weighted by Gasteiger charge is 2.14. The summed E-state index contributed by atoms with van der Waals surface area (Å²) in [5.74, 6) is 0.932. The molecule has 1 aromatic rings. The van der Waals surface area contributed by atoms with Crippen molar-refractivity contribution in [3.8, 4) is 5.75 Å². The van der Waals surface area contributed by atoms with Gasteiger partial charge in [-0.2, -0.15) is 0 Å². The van der Waals surface area contributed by atoms with Crippen molar-refractivity contribution < 1.29 is 9.32 Å². The molecule has 0 unspecified atom stereocenters. The van der Waals surface area contributed by atoms with Gasteiger partial charge in [-0.1, -0.05) is 6.07 Å². The van der Waals surface area contributed by atoms with Crippen molar-refractivity contribution in [2.45, 2.75) is 26.4 Å². The zero-order valence-corrected chi connectivity index (χ0v) is 13.6. The number of benzene rings is 1. The van der Waals surface area contributed by atoms with Crippen molar-refractivity contribution in [1.82, 2.24) is 4.90 Å². The van der Waals surface area contributed by atoms with Crippen LogP contribution in [0.2, 0.25) is 0 Å². The van der Waals surface area contributed by atoms with Gasteiger partial charge in [0, 0.05) is 41.0 Å². The van der Waals surface area contributed by atoms with Crippen LogP contribution in [0.15, 0.2) is 16.6 Å². The molecule has 0 aliphatic rings. The van der Waals surface area contributed by atoms with Crippen LogP contribution in [0.3, 0.4) is 0 Å². The monoisotopic (exact) mass is 333 g/mol. The highest BCUT2D eigenvalue weighted by atomic mass is 79.9. The molecule has 0 spiro atoms. The Hall–Kier alpha value is -0.390. The van der Waals surface area contributed by atoms with Crippen LogP contribution in [0.25, 0.3) is 0 Å². The van der Waals surface area contributed by atoms with E-state index < -0.39 is 10.8 Å². The van der Waals surface area contributed by atoms with Crippen LogP contribution in [0, 0.1) is 6.92 Å². The van der Waals surface area contributed by atoms with Gasteiger partial charge in [-0.15, -0.1) is 0 Å². The molecule has 0 amide bonds. The van der Waals surface area contributed by atoms with Gasteiger partial charge in [-0.3, -0.25) is 9.11 Å². The second-order valence-corrected chi connectivity index (χ2v) is 7.09. The van der Waals surface area contributed by atoms with Crippen molar-refractivity contribution in [3.63, 3.8) is 0 Å². The van der Waals surface area contributed by atoms with E-state index in [9.17, 15) is 9.32 Å². The van der Waals surface area contributed by atoms with Crippen LogP contribution in [-0.4, -0.2) is 39.3 Å². The molecule has 0 saturated heterocycles. The lowest BCUT2D eigenvalue weighted by molar-refractivity contribution is 0.264. The summed E-state index contributed by atoms with van der Waals surface area (Å²) >= 11 is 3.35. The molecule has 102 valence electrons. The fourth-order valence-corrected chi connectivity index (χ4v) is 3.37. The van der Waals surface area contributed by atoms with E-state index in [-0.39, 0.29) is 11.8 Å². The summed E-state index contributed by atoms with van der Waals surface area (Å²) in [4.78, 5) is 2.10. The summed E-state index contributed by atoms with van der Waals surface area (Å²) in [6, 6.07) is 4.09. The van der Waals surface area contributed by atoms with Crippen LogP contribution in [0.1, 0.15) is 18.1 Å². The number of nitrogens with zero attached hydrogens (tertiary/aromatic N) is 1. The van der Waals surface area contributed by atoms with Crippen molar-refractivity contribution in [3.05, 3.63) is 27.7 Å². The van der Waals surface area contributed by atoms with Gasteiger partial charge in [0.05, 0.1) is 4.47 Å². The summed E-state index contributed by atoms with van der Waals surface area (Å²) in [5.41, 5.74) is 1.99. The van der Waals surface area contributed by atoms with Gasteiger partial charge in [-0.05, 0) is 48.5 Å². The lowest BCUT2D eigenvalue weighted by Crippen LogP contribution is -2.32. The predicted octanol–water partition coefficient (Wildman–Crippen LogP) is 2.66. The first-order valence-corrected chi connectivity index (χ1v) is 8.31. The Morgan fingerprint density at radius 1 is 1.50 bits per heavy atom. The standard InChI is InChI=1S/C13H20BrNO2S/c1-9-5-11(13(16)12(14)6-9)7-15(3)10(2)8-18(4)17/h5-6,10,16H,7-8H2,1-4H3/t10-,18-/m1/s1. The number of hydrogen-bond acceptors (Lipinski definition) is 3. The molecule has 0 aromatic heterocycles. The second kappa shape index (κ2) is 6.68. The predicted molar refractivity (Wildman–Crippen MR) is 80.4 cm³/mol. The zero-order chi connectivity index (χ0) is 13.9. The minimum Gasteiger partial charge on any atom is -0.506 e. The molecule has 0 aliphatic carbocycles. The molecule has 1 N–H and O–H groups in total. The van der Waals surface area contributed by atoms with Crippen molar-refractivity contribution in [1.29, 1.82) is 0 Å². The number of aryl methyl sites for hydroxylation is 1. The summed E-state index contributed by atoms with van der Waals surface area (Å²) in [5, 5.41) is 10.0. The Kier molecular flexibility index (Phi) is 5.82. The lowest BCUT2D eigenvalue weighted by Gasteiger charge is -2.24. The van der Waals surface area contributed by atoms with Gasteiger partial charge in [0.1, 0.15) is 5.75 Å². The molecule has 0 radical (unpaired) electrons. The molecule has 18 heavy (non-hydrogen) atoms. The quantitative estimate of drug-likeness (QED) is 0.900. The van der Waals surface area contributed by atoms with E-state index in [1.165, 1.54) is 0 Å². The van der Waals surface area contributed by atoms with E-state index in [0.29, 0.717) is 12.3 Å². The molecular weight excluding hydrogens is 314 g/mol. The van der Waals surface area contributed by atoms with E-state index >= 15 is 0 Å². The van der Waals surface area contributed by atoms with Crippen molar-refractivity contribution in [2.75, 3.05) is 19.1 Å². The molecule has 0 heterocycles. The van der Waals surface area contributed by atoms with Gasteiger partial charge in [0.25, 0.3) is 0 Å². The van der Waals surface area contributed by atoms with Crippen molar-refractivity contribution >= 4 is 26.7 Å². The highest BCUT2D eigenvalue weighted by molar-refractivity contribution is 9.10. The van der Waals surface area contributed by atoms with E-state index in [1.54, 1.807) is 6.26 Å². The maximum atomic E-state index is 11.2. The van der Waals surface area contributed by atoms with Gasteiger partial charge < -0.3 is 5.11 Å². The minimum absolute atomic E-state index is 0.217. The third-order valence-corrected chi connectivity index (χ3v) is 4.49. The number of aromatic hydroxyl groups is 1. The van der Waals surface area contributed by atoms with E-state index in [4.69, 9.17) is 0 Å². The van der Waals surface area contributed by atoms with Crippen LogP contribution < -0.4 is 0 Å². The number of phenols is 1. The van der Waals surface area contributed by atoms with E-state index in [1.807, 2.05) is 33.0 Å². The molecule has 0 bridgehead atoms. The van der Waals surface area contributed by atoms with Crippen molar-refractivity contribution in [2.24, 2.45) is 0 Å². The Morgan fingerprint density at radius 2 is 2.11 bits per heavy atom. The first kappa shape index (κ1) is 15.7. The smallest absolute Gasteiger partial charge is 0.134 e. The Bertz CT molecular complexity index is 451. The fourth-order valence-electron chi connectivity index (χ4n) is 1.82. The average Bonchev–Trinajstić information content (AvgIpc) is 2.24. The highest BCUT2D eigenvalue weighted by Crippen LogP contribution is 2.30. The molecule has 0 fully saturated rings. The van der Waals surface area contributed by atoms with Crippen LogP contribution in [0.5, 0.6) is 5.75 Å². The maximum Gasteiger partial charge on any atom is 0.134 e. The average molecular weight is 334 g/mol. The Morgan fingerprint density at radius 3 is 2.67 bits per heavy atom. The second-order valence-electron chi connectivity index (χ2n) is 4.76. The summed E-state index contributed by atoms with van der Waals surface area (Å²) in [7, 11) is 1.18. The van der Waals surface area contributed by atoms with E-state index in [2.05, 4.69) is 20.8 Å². The Balaban J connectivity index is 2.81. The lowest BCUT2D eigenvalue weighted by atomic mass is 10.1. The topological polar surface area (TPSA) is 40.5 Å². The first-order chi connectivity index (χ1) is 8.31. The maximum absolute atomic E-state index is 11.2. The number of rotatable bonds is 5. The largest absolute Gasteiger partial charge is 0.506 e. The van der Waals surface area contributed by atoms with Gasteiger partial charge in [0.2, 0.25) is 0 Å². The third-order valence-electron chi connectivity index (χ3n) is 2.93. The molecule has 1 aromatic carbocycles. The first-order valence-electron chi connectivity index (χ1n) is 5.79. The summed E-state index contributed by atoms with van der Waals surface area (Å²) < 4.78 is 11.9. The molecule has 0 aliphatic heterocycles. The van der Waals surface area contributed by atoms with E-state index in [0.717, 1.165) is 15.6 Å². The third kappa shape index (κ3) is 4.37. The van der Waals surface area contributed by atoms with Gasteiger partial charge >= 0.3 is 0 Å². The molecule has 1 rings (SSSR count). The molecule has 5 heteroatoms. The number of phenolic OH excluding ortho intramolecular Hbond substituents is 1. The molecule has 3 nitrogen and oxygen atoms in total.